The van der Waals surface area contributed by atoms with Crippen molar-refractivity contribution in [2.45, 2.75) is 109 Å². The van der Waals surface area contributed by atoms with E-state index in [9.17, 15) is 19.5 Å². The molecule has 33 heavy (non-hydrogen) atoms. The van der Waals surface area contributed by atoms with Crippen molar-refractivity contribution in [3.63, 3.8) is 0 Å². The molecule has 1 unspecified atom stereocenters. The molecule has 0 radical (unpaired) electrons. The maximum absolute atomic E-state index is 11.3. The third-order valence-electron chi connectivity index (χ3n) is 5.60. The van der Waals surface area contributed by atoms with Gasteiger partial charge in [-0.25, -0.2) is 9.59 Å². The third kappa shape index (κ3) is 14.5. The van der Waals surface area contributed by atoms with Crippen LogP contribution in [-0.4, -0.2) is 55.0 Å². The standard InChI is InChI=1S/C12H20N2O6.C12H23N/c1-5-6-19-11(18)14-8(9(15)16)7-13-10(17)20-12(2,3)4;1-3-7-11(8-4-1)13-12-9-5-2-6-10-12/h5,8H,1,6-7H2,2-4H3,(H,13,17)(H,14,18)(H,15,16);11-13H,1-10H2. The lowest BCUT2D eigenvalue weighted by Crippen LogP contribution is -2.95. The van der Waals surface area contributed by atoms with Crippen molar-refractivity contribution in [2.24, 2.45) is 0 Å². The van der Waals surface area contributed by atoms with E-state index in [2.05, 4.69) is 21.9 Å². The Hall–Kier alpha value is -2.29. The fourth-order valence-electron chi connectivity index (χ4n) is 4.05. The molecule has 0 heterocycles. The van der Waals surface area contributed by atoms with Gasteiger partial charge in [-0.05, 0) is 72.1 Å². The van der Waals surface area contributed by atoms with Crippen LogP contribution in [0.1, 0.15) is 85.0 Å². The second-order valence-corrected chi connectivity index (χ2v) is 9.77. The highest BCUT2D eigenvalue weighted by Gasteiger charge is 2.23. The van der Waals surface area contributed by atoms with Crippen molar-refractivity contribution < 1.29 is 34.3 Å². The van der Waals surface area contributed by atoms with Crippen LogP contribution >= 0.6 is 0 Å². The lowest BCUT2D eigenvalue weighted by Gasteiger charge is -2.27. The molecule has 2 amide bonds. The highest BCUT2D eigenvalue weighted by Crippen LogP contribution is 2.18. The van der Waals surface area contributed by atoms with E-state index in [0.29, 0.717) is 0 Å². The molecule has 2 saturated carbocycles. The van der Waals surface area contributed by atoms with E-state index in [1.165, 1.54) is 70.3 Å². The van der Waals surface area contributed by atoms with Crippen LogP contribution in [0.15, 0.2) is 12.7 Å². The third-order valence-corrected chi connectivity index (χ3v) is 5.60. The number of carboxylic acids is 1. The normalized spacial score (nSPS) is 18.2. The number of aliphatic carboxylic acids is 1. The zero-order valence-electron chi connectivity index (χ0n) is 20.5. The summed E-state index contributed by atoms with van der Waals surface area (Å²) >= 11 is 0. The molecule has 1 atom stereocenters. The molecule has 0 aromatic carbocycles. The number of hydrogen-bond acceptors (Lipinski definition) is 6. The topological polar surface area (TPSA) is 133 Å². The van der Waals surface area contributed by atoms with Gasteiger partial charge in [-0.2, -0.15) is 0 Å². The number of nitrogens with one attached hydrogen (secondary N) is 2. The van der Waals surface area contributed by atoms with Gasteiger partial charge in [-0.15, -0.1) is 0 Å². The van der Waals surface area contributed by atoms with Crippen LogP contribution in [0.25, 0.3) is 0 Å². The van der Waals surface area contributed by atoms with Crippen molar-refractivity contribution in [1.82, 2.24) is 10.6 Å². The molecular formula is C24H43N3O6. The molecule has 0 spiro atoms. The molecule has 9 nitrogen and oxygen atoms in total. The van der Waals surface area contributed by atoms with Gasteiger partial charge in [0.05, 0.1) is 24.1 Å². The summed E-state index contributed by atoms with van der Waals surface area (Å²) < 4.78 is 9.47. The number of rotatable bonds is 8. The maximum Gasteiger partial charge on any atom is 0.408 e. The first-order valence-electron chi connectivity index (χ1n) is 12.2. The zero-order chi connectivity index (χ0) is 24.7. The number of carboxylic acid groups (broad SMARTS) is 1. The number of amides is 2. The molecule has 0 bridgehead atoms. The van der Waals surface area contributed by atoms with Gasteiger partial charge >= 0.3 is 12.2 Å². The number of carbonyl (C=O) groups excluding carboxylic acids is 3. The van der Waals surface area contributed by atoms with Gasteiger partial charge in [0.25, 0.3) is 0 Å². The summed E-state index contributed by atoms with van der Waals surface area (Å²) in [6.07, 6.45) is 14.5. The Balaban J connectivity index is 0.000000357. The summed E-state index contributed by atoms with van der Waals surface area (Å²) in [7, 11) is 0. The average Bonchev–Trinajstić information content (AvgIpc) is 2.75. The number of hydrogen-bond donors (Lipinski definition) is 3. The van der Waals surface area contributed by atoms with Crippen molar-refractivity contribution in [2.75, 3.05) is 13.2 Å². The van der Waals surface area contributed by atoms with Crippen LogP contribution in [-0.2, 0) is 14.3 Å². The number of alkyl carbamates (subject to hydrolysis) is 2. The van der Waals surface area contributed by atoms with Crippen molar-refractivity contribution >= 4 is 18.2 Å². The fourth-order valence-corrected chi connectivity index (χ4v) is 4.05. The number of quaternary nitrogens is 1. The van der Waals surface area contributed by atoms with Crippen LogP contribution in [0.3, 0.4) is 0 Å². The molecule has 0 aliphatic heterocycles. The van der Waals surface area contributed by atoms with E-state index < -0.39 is 29.8 Å². The summed E-state index contributed by atoms with van der Waals surface area (Å²) in [5.74, 6) is -1.56. The van der Waals surface area contributed by atoms with Gasteiger partial charge in [0, 0.05) is 6.54 Å². The summed E-state index contributed by atoms with van der Waals surface area (Å²) in [5.41, 5.74) is -0.711. The predicted molar refractivity (Wildman–Crippen MR) is 123 cm³/mol. The van der Waals surface area contributed by atoms with E-state index in [1.807, 2.05) is 5.32 Å². The second kappa shape index (κ2) is 15.5. The second-order valence-electron chi connectivity index (χ2n) is 9.77. The molecular weight excluding hydrogens is 426 g/mol. The summed E-state index contributed by atoms with van der Waals surface area (Å²) in [6, 6.07) is 0.563. The van der Waals surface area contributed by atoms with Crippen molar-refractivity contribution in [3.05, 3.63) is 12.7 Å². The first kappa shape index (κ1) is 28.7. The largest absolute Gasteiger partial charge is 0.548 e. The Bertz CT molecular complexity index is 592. The Morgan fingerprint density at radius 3 is 1.94 bits per heavy atom. The first-order chi connectivity index (χ1) is 15.6. The molecule has 4 N–H and O–H groups in total. The predicted octanol–water partition coefficient (Wildman–Crippen LogP) is 1.76. The Labute approximate surface area is 198 Å². The van der Waals surface area contributed by atoms with Gasteiger partial charge in [0.2, 0.25) is 0 Å². The van der Waals surface area contributed by atoms with Crippen LogP contribution in [0.5, 0.6) is 0 Å². The minimum Gasteiger partial charge on any atom is -0.548 e. The highest BCUT2D eigenvalue weighted by molar-refractivity contribution is 5.79. The SMILES string of the molecule is C1CCC([NH2+]C2CCCCC2)CC1.C=CCOC(=O)NC(CNC(=O)OC(C)(C)C)C(=O)[O-]. The Morgan fingerprint density at radius 2 is 1.52 bits per heavy atom. The van der Waals surface area contributed by atoms with Crippen LogP contribution < -0.4 is 21.1 Å². The van der Waals surface area contributed by atoms with Crippen LogP contribution in [0.2, 0.25) is 0 Å². The van der Waals surface area contributed by atoms with Gasteiger partial charge in [0.15, 0.2) is 0 Å². The van der Waals surface area contributed by atoms with E-state index in [4.69, 9.17) is 4.74 Å². The summed E-state index contributed by atoms with van der Waals surface area (Å²) in [4.78, 5) is 33.3. The minimum absolute atomic E-state index is 0.0644. The van der Waals surface area contributed by atoms with Crippen molar-refractivity contribution in [3.8, 4) is 0 Å². The summed E-state index contributed by atoms with van der Waals surface area (Å²) in [6.45, 7) is 7.86. The number of carbonyl (C=O) groups is 3. The van der Waals surface area contributed by atoms with Crippen LogP contribution in [0, 0.1) is 0 Å². The lowest BCUT2D eigenvalue weighted by molar-refractivity contribution is -0.725. The minimum atomic E-state index is -1.56. The molecule has 2 fully saturated rings. The summed E-state index contributed by atoms with van der Waals surface area (Å²) in [5, 5.41) is 17.8. The highest BCUT2D eigenvalue weighted by atomic mass is 16.6. The smallest absolute Gasteiger partial charge is 0.408 e. The van der Waals surface area contributed by atoms with Crippen LogP contribution in [0.4, 0.5) is 9.59 Å². The molecule has 2 aliphatic rings. The fraction of sp³-hybridized carbons (Fsp3) is 0.792. The molecule has 0 aromatic heterocycles. The van der Waals surface area contributed by atoms with Gasteiger partial charge < -0.3 is 35.3 Å². The maximum atomic E-state index is 11.3. The molecule has 0 aromatic rings. The quantitative estimate of drug-likeness (QED) is 0.464. The molecule has 2 rings (SSSR count). The van der Waals surface area contributed by atoms with Crippen molar-refractivity contribution in [1.29, 1.82) is 0 Å². The monoisotopic (exact) mass is 469 g/mol. The number of nitrogens with two attached hydrogens (primary N) is 1. The molecule has 2 aliphatic carbocycles. The molecule has 190 valence electrons. The molecule has 0 saturated heterocycles. The van der Waals surface area contributed by atoms with Gasteiger partial charge in [-0.1, -0.05) is 25.5 Å². The Morgan fingerprint density at radius 1 is 1.00 bits per heavy atom. The average molecular weight is 470 g/mol. The first-order valence-corrected chi connectivity index (χ1v) is 12.2. The lowest BCUT2D eigenvalue weighted by atomic mass is 9.91. The molecule has 9 heteroatoms. The van der Waals surface area contributed by atoms with E-state index in [-0.39, 0.29) is 13.2 Å². The van der Waals surface area contributed by atoms with Gasteiger partial charge in [-0.3, -0.25) is 0 Å². The van der Waals surface area contributed by atoms with E-state index in [1.54, 1.807) is 20.8 Å². The van der Waals surface area contributed by atoms with E-state index >= 15 is 0 Å². The Kier molecular flexibility index (Phi) is 13.5. The van der Waals surface area contributed by atoms with Gasteiger partial charge in [0.1, 0.15) is 12.2 Å². The zero-order valence-corrected chi connectivity index (χ0v) is 20.5. The van der Waals surface area contributed by atoms with E-state index in [0.717, 1.165) is 12.1 Å². The number of ether oxygens (including phenoxy) is 2.